The molecular formula is C18H20FN5O3. The summed E-state index contributed by atoms with van der Waals surface area (Å²) >= 11 is 0. The molecule has 2 fully saturated rings. The molecule has 2 saturated heterocycles. The molecule has 142 valence electrons. The van der Waals surface area contributed by atoms with Gasteiger partial charge in [-0.25, -0.2) is 4.39 Å². The minimum absolute atomic E-state index is 0.0521. The fourth-order valence-electron chi connectivity index (χ4n) is 3.44. The summed E-state index contributed by atoms with van der Waals surface area (Å²) in [5.41, 5.74) is 1.39. The standard InChI is InChI=1S/C18H20FN5O3/c1-22-17(13(7-21-22)18(26)24-4-2-3-5-24)15-6-16(14(19)8-20-15)27-12-9-23(10-12)11-25/h6-8,11-12H,2-5,9-10H2,1H3. The van der Waals surface area contributed by atoms with E-state index in [-0.39, 0.29) is 17.8 Å². The fourth-order valence-corrected chi connectivity index (χ4v) is 3.44. The largest absolute Gasteiger partial charge is 0.484 e. The molecule has 9 heteroatoms. The first-order chi connectivity index (χ1) is 13.1. The summed E-state index contributed by atoms with van der Waals surface area (Å²) < 4.78 is 21.4. The van der Waals surface area contributed by atoms with Gasteiger partial charge in [0.1, 0.15) is 6.10 Å². The smallest absolute Gasteiger partial charge is 0.257 e. The van der Waals surface area contributed by atoms with Crippen LogP contribution in [0.15, 0.2) is 18.5 Å². The van der Waals surface area contributed by atoms with E-state index in [1.54, 1.807) is 21.5 Å². The van der Waals surface area contributed by atoms with E-state index in [2.05, 4.69) is 10.1 Å². The van der Waals surface area contributed by atoms with Crippen molar-refractivity contribution < 1.29 is 18.7 Å². The van der Waals surface area contributed by atoms with Gasteiger partial charge in [0.25, 0.3) is 5.91 Å². The monoisotopic (exact) mass is 373 g/mol. The van der Waals surface area contributed by atoms with Crippen LogP contribution >= 0.6 is 0 Å². The van der Waals surface area contributed by atoms with E-state index < -0.39 is 5.82 Å². The Morgan fingerprint density at radius 1 is 1.30 bits per heavy atom. The highest BCUT2D eigenvalue weighted by molar-refractivity contribution is 5.99. The van der Waals surface area contributed by atoms with Gasteiger partial charge in [0.05, 0.1) is 42.4 Å². The van der Waals surface area contributed by atoms with Crippen molar-refractivity contribution in [3.05, 3.63) is 29.8 Å². The minimum atomic E-state index is -0.585. The van der Waals surface area contributed by atoms with Crippen LogP contribution in [0.5, 0.6) is 5.75 Å². The molecule has 4 heterocycles. The summed E-state index contributed by atoms with van der Waals surface area (Å²) in [6.45, 7) is 2.30. The molecule has 0 saturated carbocycles. The van der Waals surface area contributed by atoms with Gasteiger partial charge in [-0.1, -0.05) is 0 Å². The van der Waals surface area contributed by atoms with E-state index in [0.717, 1.165) is 38.5 Å². The minimum Gasteiger partial charge on any atom is -0.484 e. The van der Waals surface area contributed by atoms with Gasteiger partial charge in [0.2, 0.25) is 6.41 Å². The Morgan fingerprint density at radius 2 is 2.04 bits per heavy atom. The highest BCUT2D eigenvalue weighted by Crippen LogP contribution is 2.29. The van der Waals surface area contributed by atoms with Crippen molar-refractivity contribution in [2.45, 2.75) is 18.9 Å². The molecule has 2 aliphatic rings. The lowest BCUT2D eigenvalue weighted by Crippen LogP contribution is -2.52. The lowest BCUT2D eigenvalue weighted by molar-refractivity contribution is -0.126. The van der Waals surface area contributed by atoms with E-state index >= 15 is 0 Å². The van der Waals surface area contributed by atoms with Gasteiger partial charge in [-0.05, 0) is 12.8 Å². The number of hydrogen-bond donors (Lipinski definition) is 0. The van der Waals surface area contributed by atoms with Gasteiger partial charge < -0.3 is 14.5 Å². The molecule has 4 rings (SSSR count). The van der Waals surface area contributed by atoms with Crippen LogP contribution in [0.1, 0.15) is 23.2 Å². The third-order valence-corrected chi connectivity index (χ3v) is 4.94. The predicted molar refractivity (Wildman–Crippen MR) is 93.6 cm³/mol. The average molecular weight is 373 g/mol. The zero-order valence-electron chi connectivity index (χ0n) is 15.0. The second kappa shape index (κ2) is 6.98. The zero-order chi connectivity index (χ0) is 19.0. The molecule has 0 spiro atoms. The molecule has 2 aliphatic heterocycles. The van der Waals surface area contributed by atoms with E-state index in [0.29, 0.717) is 30.0 Å². The van der Waals surface area contributed by atoms with Gasteiger partial charge in [-0.3, -0.25) is 19.3 Å². The maximum atomic E-state index is 14.1. The molecular weight excluding hydrogens is 353 g/mol. The molecule has 2 amide bonds. The average Bonchev–Trinajstić information content (AvgIpc) is 3.28. The number of rotatable bonds is 5. The Morgan fingerprint density at radius 3 is 2.74 bits per heavy atom. The van der Waals surface area contributed by atoms with Crippen LogP contribution in [0.2, 0.25) is 0 Å². The van der Waals surface area contributed by atoms with Gasteiger partial charge >= 0.3 is 0 Å². The highest BCUT2D eigenvalue weighted by Gasteiger charge is 2.29. The predicted octanol–water partition coefficient (Wildman–Crippen LogP) is 1.08. The van der Waals surface area contributed by atoms with Crippen molar-refractivity contribution in [3.8, 4) is 17.1 Å². The molecule has 0 unspecified atom stereocenters. The van der Waals surface area contributed by atoms with Crippen LogP contribution in [-0.4, -0.2) is 69.2 Å². The number of amides is 2. The van der Waals surface area contributed by atoms with Crippen LogP contribution < -0.4 is 4.74 Å². The summed E-state index contributed by atoms with van der Waals surface area (Å²) in [6, 6.07) is 1.48. The first kappa shape index (κ1) is 17.4. The molecule has 0 atom stereocenters. The fraction of sp³-hybridized carbons (Fsp3) is 0.444. The number of aromatic nitrogens is 3. The Kier molecular flexibility index (Phi) is 4.51. The summed E-state index contributed by atoms with van der Waals surface area (Å²) in [5, 5.41) is 4.20. The van der Waals surface area contributed by atoms with Crippen molar-refractivity contribution in [3.63, 3.8) is 0 Å². The summed E-state index contributed by atoms with van der Waals surface area (Å²) in [7, 11) is 1.72. The van der Waals surface area contributed by atoms with Crippen LogP contribution in [0.25, 0.3) is 11.4 Å². The third-order valence-electron chi connectivity index (χ3n) is 4.94. The second-order valence-electron chi connectivity index (χ2n) is 6.83. The third kappa shape index (κ3) is 3.24. The molecule has 8 nitrogen and oxygen atoms in total. The summed E-state index contributed by atoms with van der Waals surface area (Å²) in [6.07, 6.45) is 5.07. The topological polar surface area (TPSA) is 80.6 Å². The molecule has 0 N–H and O–H groups in total. The molecule has 27 heavy (non-hydrogen) atoms. The Bertz CT molecular complexity index is 872. The summed E-state index contributed by atoms with van der Waals surface area (Å²) in [5.74, 6) is -0.626. The number of ether oxygens (including phenoxy) is 1. The van der Waals surface area contributed by atoms with E-state index in [1.807, 2.05) is 0 Å². The number of likely N-dealkylation sites (tertiary alicyclic amines) is 2. The van der Waals surface area contributed by atoms with Gasteiger partial charge in [0, 0.05) is 26.2 Å². The number of hydrogen-bond acceptors (Lipinski definition) is 5. The maximum Gasteiger partial charge on any atom is 0.257 e. The van der Waals surface area contributed by atoms with Gasteiger partial charge in [0.15, 0.2) is 11.6 Å². The van der Waals surface area contributed by atoms with Crippen molar-refractivity contribution in [1.82, 2.24) is 24.6 Å². The normalized spacial score (nSPS) is 17.1. The molecule has 2 aromatic heterocycles. The molecule has 0 aliphatic carbocycles. The lowest BCUT2D eigenvalue weighted by Gasteiger charge is -2.36. The highest BCUT2D eigenvalue weighted by atomic mass is 19.1. The first-order valence-corrected chi connectivity index (χ1v) is 8.90. The number of pyridine rings is 1. The van der Waals surface area contributed by atoms with Crippen molar-refractivity contribution in [1.29, 1.82) is 0 Å². The van der Waals surface area contributed by atoms with Crippen molar-refractivity contribution in [2.75, 3.05) is 26.2 Å². The number of carbonyl (C=O) groups is 2. The SMILES string of the molecule is Cn1ncc(C(=O)N2CCCC2)c1-c1cc(OC2CN(C=O)C2)c(F)cn1. The number of aryl methyl sites for hydroxylation is 1. The molecule has 0 aromatic carbocycles. The maximum absolute atomic E-state index is 14.1. The van der Waals surface area contributed by atoms with Crippen LogP contribution in [0, 0.1) is 5.82 Å². The van der Waals surface area contributed by atoms with Crippen LogP contribution in [0.4, 0.5) is 4.39 Å². The first-order valence-electron chi connectivity index (χ1n) is 8.90. The van der Waals surface area contributed by atoms with Crippen molar-refractivity contribution >= 4 is 12.3 Å². The Labute approximate surface area is 155 Å². The van der Waals surface area contributed by atoms with Gasteiger partial charge in [-0.15, -0.1) is 0 Å². The van der Waals surface area contributed by atoms with E-state index in [9.17, 15) is 14.0 Å². The van der Waals surface area contributed by atoms with E-state index in [4.69, 9.17) is 4.74 Å². The molecule has 0 radical (unpaired) electrons. The Balaban J connectivity index is 1.62. The molecule has 0 bridgehead atoms. The van der Waals surface area contributed by atoms with Crippen LogP contribution in [0.3, 0.4) is 0 Å². The van der Waals surface area contributed by atoms with Gasteiger partial charge in [-0.2, -0.15) is 5.10 Å². The summed E-state index contributed by atoms with van der Waals surface area (Å²) in [4.78, 5) is 30.9. The lowest BCUT2D eigenvalue weighted by atomic mass is 10.1. The number of halogens is 1. The molecule has 2 aromatic rings. The van der Waals surface area contributed by atoms with Crippen LogP contribution in [-0.2, 0) is 11.8 Å². The van der Waals surface area contributed by atoms with E-state index in [1.165, 1.54) is 12.3 Å². The zero-order valence-corrected chi connectivity index (χ0v) is 15.0. The quantitative estimate of drug-likeness (QED) is 0.733. The van der Waals surface area contributed by atoms with Crippen molar-refractivity contribution in [2.24, 2.45) is 7.05 Å². The second-order valence-corrected chi connectivity index (χ2v) is 6.83. The number of carbonyl (C=O) groups excluding carboxylic acids is 2. The Hall–Kier alpha value is -2.97. The number of nitrogens with zero attached hydrogens (tertiary/aromatic N) is 5.